The Bertz CT molecular complexity index is 327. The number of carbonyl (C=O) groups excluding carboxylic acids is 1. The van der Waals surface area contributed by atoms with E-state index in [1.54, 1.807) is 0 Å². The summed E-state index contributed by atoms with van der Waals surface area (Å²) in [5.74, 6) is 0.797. The Morgan fingerprint density at radius 2 is 1.63 bits per heavy atom. The average Bonchev–Trinajstić information content (AvgIpc) is 2.69. The van der Waals surface area contributed by atoms with Crippen LogP contribution < -0.4 is 0 Å². The standard InChI is InChI=1S/C15H26N2OS/c1-16-7-5-11(6-8-16)15(18)17-12-3-4-13(17)10-14(9-12)19-2/h11-14H,3-10H2,1-2H3. The third-order valence-electron chi connectivity index (χ3n) is 5.35. The van der Waals surface area contributed by atoms with E-state index < -0.39 is 0 Å². The zero-order valence-electron chi connectivity index (χ0n) is 12.2. The Labute approximate surface area is 121 Å². The number of piperidine rings is 2. The Morgan fingerprint density at radius 3 is 2.16 bits per heavy atom. The molecular formula is C15H26N2OS. The highest BCUT2D eigenvalue weighted by molar-refractivity contribution is 7.99. The second-order valence-electron chi connectivity index (χ2n) is 6.54. The van der Waals surface area contributed by atoms with E-state index in [2.05, 4.69) is 23.1 Å². The molecule has 3 aliphatic heterocycles. The van der Waals surface area contributed by atoms with E-state index in [4.69, 9.17) is 0 Å². The molecular weight excluding hydrogens is 256 g/mol. The maximum atomic E-state index is 12.8. The van der Waals surface area contributed by atoms with Crippen molar-refractivity contribution >= 4 is 17.7 Å². The largest absolute Gasteiger partial charge is 0.336 e. The molecule has 0 N–H and O–H groups in total. The van der Waals surface area contributed by atoms with Gasteiger partial charge in [-0.15, -0.1) is 0 Å². The molecule has 2 bridgehead atoms. The van der Waals surface area contributed by atoms with Gasteiger partial charge in [0.25, 0.3) is 0 Å². The monoisotopic (exact) mass is 282 g/mol. The number of thioether (sulfide) groups is 1. The summed E-state index contributed by atoms with van der Waals surface area (Å²) in [5.41, 5.74) is 0. The van der Waals surface area contributed by atoms with Gasteiger partial charge < -0.3 is 9.80 Å². The Balaban J connectivity index is 1.65. The first kappa shape index (κ1) is 13.7. The van der Waals surface area contributed by atoms with E-state index in [-0.39, 0.29) is 0 Å². The molecule has 2 unspecified atom stereocenters. The normalized spacial score (nSPS) is 36.7. The van der Waals surface area contributed by atoms with Crippen molar-refractivity contribution in [3.05, 3.63) is 0 Å². The molecule has 1 amide bonds. The van der Waals surface area contributed by atoms with Crippen molar-refractivity contribution in [2.24, 2.45) is 5.92 Å². The quantitative estimate of drug-likeness (QED) is 0.776. The summed E-state index contributed by atoms with van der Waals surface area (Å²) in [6, 6.07) is 1.12. The van der Waals surface area contributed by atoms with Crippen molar-refractivity contribution in [3.63, 3.8) is 0 Å². The van der Waals surface area contributed by atoms with Gasteiger partial charge in [-0.05, 0) is 64.9 Å². The van der Waals surface area contributed by atoms with Gasteiger partial charge in [-0.3, -0.25) is 4.79 Å². The van der Waals surface area contributed by atoms with Crippen molar-refractivity contribution < 1.29 is 4.79 Å². The highest BCUT2D eigenvalue weighted by Gasteiger charge is 2.44. The molecule has 3 saturated heterocycles. The molecule has 19 heavy (non-hydrogen) atoms. The third-order valence-corrected chi connectivity index (χ3v) is 6.40. The van der Waals surface area contributed by atoms with Gasteiger partial charge in [-0.1, -0.05) is 0 Å². The lowest BCUT2D eigenvalue weighted by Crippen LogP contribution is -2.51. The van der Waals surface area contributed by atoms with Gasteiger partial charge in [0.1, 0.15) is 0 Å². The number of fused-ring (bicyclic) bond motifs is 2. The van der Waals surface area contributed by atoms with Crippen molar-refractivity contribution in [2.45, 2.75) is 55.9 Å². The molecule has 3 nitrogen and oxygen atoms in total. The summed E-state index contributed by atoms with van der Waals surface area (Å²) in [7, 11) is 2.16. The molecule has 4 heteroatoms. The van der Waals surface area contributed by atoms with Crippen LogP contribution in [-0.4, -0.2) is 59.4 Å². The van der Waals surface area contributed by atoms with Crippen LogP contribution in [0, 0.1) is 5.92 Å². The van der Waals surface area contributed by atoms with E-state index in [0.717, 1.165) is 31.2 Å². The van der Waals surface area contributed by atoms with Gasteiger partial charge >= 0.3 is 0 Å². The first-order valence-electron chi connectivity index (χ1n) is 7.72. The third kappa shape index (κ3) is 2.66. The van der Waals surface area contributed by atoms with Crippen LogP contribution in [0.15, 0.2) is 0 Å². The van der Waals surface area contributed by atoms with Gasteiger partial charge in [-0.25, -0.2) is 0 Å². The highest BCUT2D eigenvalue weighted by Crippen LogP contribution is 2.40. The Hall–Kier alpha value is -0.220. The van der Waals surface area contributed by atoms with Crippen LogP contribution in [0.1, 0.15) is 38.5 Å². The van der Waals surface area contributed by atoms with Crippen molar-refractivity contribution in [1.29, 1.82) is 0 Å². The second-order valence-corrected chi connectivity index (χ2v) is 7.68. The molecule has 0 saturated carbocycles. The van der Waals surface area contributed by atoms with Gasteiger partial charge in [0.15, 0.2) is 0 Å². The first-order chi connectivity index (χ1) is 9.19. The lowest BCUT2D eigenvalue weighted by molar-refractivity contribution is -0.141. The minimum atomic E-state index is 0.310. The molecule has 0 radical (unpaired) electrons. The van der Waals surface area contributed by atoms with Crippen LogP contribution in [0.5, 0.6) is 0 Å². The number of hydrogen-bond donors (Lipinski definition) is 0. The van der Waals surface area contributed by atoms with Gasteiger partial charge in [0.05, 0.1) is 0 Å². The molecule has 3 fully saturated rings. The lowest BCUT2D eigenvalue weighted by atomic mass is 9.92. The van der Waals surface area contributed by atoms with Crippen LogP contribution in [0.4, 0.5) is 0 Å². The van der Waals surface area contributed by atoms with Crippen molar-refractivity contribution in [2.75, 3.05) is 26.4 Å². The zero-order chi connectivity index (χ0) is 13.4. The van der Waals surface area contributed by atoms with Crippen LogP contribution in [-0.2, 0) is 4.79 Å². The zero-order valence-corrected chi connectivity index (χ0v) is 13.0. The fraction of sp³-hybridized carbons (Fsp3) is 0.933. The van der Waals surface area contributed by atoms with E-state index in [9.17, 15) is 4.79 Å². The molecule has 3 rings (SSSR count). The molecule has 0 aliphatic carbocycles. The highest BCUT2D eigenvalue weighted by atomic mass is 32.2. The number of likely N-dealkylation sites (tertiary alicyclic amines) is 1. The fourth-order valence-corrected chi connectivity index (χ4v) is 4.97. The molecule has 3 aliphatic rings. The van der Waals surface area contributed by atoms with Crippen LogP contribution in [0.3, 0.4) is 0 Å². The van der Waals surface area contributed by atoms with Crippen LogP contribution in [0.2, 0.25) is 0 Å². The van der Waals surface area contributed by atoms with Crippen LogP contribution >= 0.6 is 11.8 Å². The van der Waals surface area contributed by atoms with Gasteiger partial charge in [0.2, 0.25) is 5.91 Å². The minimum Gasteiger partial charge on any atom is -0.336 e. The summed E-state index contributed by atoms with van der Waals surface area (Å²) in [5, 5.41) is 0.791. The SMILES string of the molecule is CSC1CC2CCC(C1)N2C(=O)C1CCN(C)CC1. The molecule has 0 aromatic heterocycles. The number of nitrogens with zero attached hydrogens (tertiary/aromatic N) is 2. The van der Waals surface area contributed by atoms with E-state index >= 15 is 0 Å². The molecule has 0 aromatic carbocycles. The molecule has 3 heterocycles. The lowest BCUT2D eigenvalue weighted by Gasteiger charge is -2.41. The molecule has 0 spiro atoms. The van der Waals surface area contributed by atoms with Crippen molar-refractivity contribution in [3.8, 4) is 0 Å². The summed E-state index contributed by atoms with van der Waals surface area (Å²) in [4.78, 5) is 17.5. The number of carbonyl (C=O) groups is 1. The van der Waals surface area contributed by atoms with E-state index in [1.165, 1.54) is 25.7 Å². The fourth-order valence-electron chi connectivity index (χ4n) is 4.15. The first-order valence-corrected chi connectivity index (χ1v) is 9.01. The summed E-state index contributed by atoms with van der Waals surface area (Å²) < 4.78 is 0. The number of rotatable bonds is 2. The van der Waals surface area contributed by atoms with E-state index in [0.29, 0.717) is 23.9 Å². The van der Waals surface area contributed by atoms with Crippen molar-refractivity contribution in [1.82, 2.24) is 9.80 Å². The maximum Gasteiger partial charge on any atom is 0.226 e. The maximum absolute atomic E-state index is 12.8. The second kappa shape index (κ2) is 5.65. The Kier molecular flexibility index (Phi) is 4.08. The molecule has 0 aromatic rings. The van der Waals surface area contributed by atoms with Gasteiger partial charge in [-0.2, -0.15) is 11.8 Å². The Morgan fingerprint density at radius 1 is 1.05 bits per heavy atom. The van der Waals surface area contributed by atoms with Crippen LogP contribution in [0.25, 0.3) is 0 Å². The number of amides is 1. The predicted molar refractivity (Wildman–Crippen MR) is 80.4 cm³/mol. The average molecular weight is 282 g/mol. The predicted octanol–water partition coefficient (Wildman–Crippen LogP) is 2.21. The smallest absolute Gasteiger partial charge is 0.226 e. The molecule has 108 valence electrons. The topological polar surface area (TPSA) is 23.6 Å². The summed E-state index contributed by atoms with van der Waals surface area (Å²) in [6.07, 6.45) is 9.32. The minimum absolute atomic E-state index is 0.310. The molecule has 2 atom stereocenters. The summed E-state index contributed by atoms with van der Waals surface area (Å²) >= 11 is 2.00. The van der Waals surface area contributed by atoms with E-state index in [1.807, 2.05) is 11.8 Å². The summed E-state index contributed by atoms with van der Waals surface area (Å²) in [6.45, 7) is 2.18. The van der Waals surface area contributed by atoms with Gasteiger partial charge in [0, 0.05) is 23.3 Å². The number of hydrogen-bond acceptors (Lipinski definition) is 3.